The van der Waals surface area contributed by atoms with E-state index in [1.807, 2.05) is 19.9 Å². The number of benzene rings is 1. The van der Waals surface area contributed by atoms with E-state index in [1.54, 1.807) is 6.92 Å². The Balaban J connectivity index is 1.55. The lowest BCUT2D eigenvalue weighted by Gasteiger charge is -2.36. The average Bonchev–Trinajstić information content (AvgIpc) is 3.10. The molecule has 7 nitrogen and oxygen atoms in total. The highest BCUT2D eigenvalue weighted by molar-refractivity contribution is 6.38. The molecule has 9 heteroatoms. The summed E-state index contributed by atoms with van der Waals surface area (Å²) >= 11 is 13.0. The van der Waals surface area contributed by atoms with E-state index in [2.05, 4.69) is 10.3 Å². The molecule has 0 bridgehead atoms. The van der Waals surface area contributed by atoms with Gasteiger partial charge in [-0.2, -0.15) is 0 Å². The minimum Gasteiger partial charge on any atom is -0.447 e. The maximum atomic E-state index is 12.9. The van der Waals surface area contributed by atoms with Crippen LogP contribution in [-0.2, 0) is 6.54 Å². The monoisotopic (exact) mass is 479 g/mol. The number of amides is 1. The fraction of sp³-hybridized carbons (Fsp3) is 0.478. The normalized spacial score (nSPS) is 24.4. The zero-order valence-corrected chi connectivity index (χ0v) is 19.8. The van der Waals surface area contributed by atoms with Crippen molar-refractivity contribution in [2.45, 2.75) is 64.8 Å². The number of nitrogens with two attached hydrogens (primary N) is 1. The van der Waals surface area contributed by atoms with Gasteiger partial charge < -0.3 is 25.5 Å². The van der Waals surface area contributed by atoms with E-state index < -0.39 is 11.7 Å². The van der Waals surface area contributed by atoms with Crippen LogP contribution in [0.5, 0.6) is 11.5 Å². The van der Waals surface area contributed by atoms with E-state index in [4.69, 9.17) is 38.4 Å². The van der Waals surface area contributed by atoms with Crippen molar-refractivity contribution in [3.8, 4) is 11.5 Å². The molecule has 1 fully saturated rings. The molecular formula is C23H27Cl2N3O4. The summed E-state index contributed by atoms with van der Waals surface area (Å²) in [5.74, 6) is -0.630. The van der Waals surface area contributed by atoms with Crippen molar-refractivity contribution in [1.29, 1.82) is 0 Å². The predicted molar refractivity (Wildman–Crippen MR) is 124 cm³/mol. The molecule has 4 rings (SSSR count). The smallest absolute Gasteiger partial charge is 0.253 e. The van der Waals surface area contributed by atoms with Gasteiger partial charge in [-0.05, 0) is 57.2 Å². The molecule has 1 atom stereocenters. The summed E-state index contributed by atoms with van der Waals surface area (Å²) in [5, 5.41) is 3.13. The van der Waals surface area contributed by atoms with Gasteiger partial charge in [0, 0.05) is 36.7 Å². The summed E-state index contributed by atoms with van der Waals surface area (Å²) in [5.41, 5.74) is 8.00. The van der Waals surface area contributed by atoms with Crippen molar-refractivity contribution < 1.29 is 14.3 Å². The molecule has 1 aliphatic heterocycles. The van der Waals surface area contributed by atoms with Gasteiger partial charge in [-0.3, -0.25) is 9.59 Å². The number of aromatic amines is 1. The fourth-order valence-corrected chi connectivity index (χ4v) is 5.04. The van der Waals surface area contributed by atoms with E-state index >= 15 is 0 Å². The van der Waals surface area contributed by atoms with E-state index in [-0.39, 0.29) is 45.4 Å². The number of aryl methyl sites for hydroxylation is 2. The molecule has 32 heavy (non-hydrogen) atoms. The Hall–Kier alpha value is -2.22. The summed E-state index contributed by atoms with van der Waals surface area (Å²) in [6.07, 6.45) is 3.55. The first kappa shape index (κ1) is 23.0. The third kappa shape index (κ3) is 4.21. The average molecular weight is 480 g/mol. The Kier molecular flexibility index (Phi) is 6.18. The second kappa shape index (κ2) is 8.61. The van der Waals surface area contributed by atoms with Gasteiger partial charge in [-0.15, -0.1) is 0 Å². The Bertz CT molecular complexity index is 1130. The number of aromatic nitrogens is 1. The van der Waals surface area contributed by atoms with Crippen LogP contribution < -0.4 is 26.1 Å². The van der Waals surface area contributed by atoms with Crippen LogP contribution in [0.1, 0.15) is 59.8 Å². The highest BCUT2D eigenvalue weighted by Gasteiger charge is 2.47. The van der Waals surface area contributed by atoms with Crippen LogP contribution in [0.3, 0.4) is 0 Å². The summed E-state index contributed by atoms with van der Waals surface area (Å²) in [4.78, 5) is 27.9. The van der Waals surface area contributed by atoms with Crippen LogP contribution in [0.2, 0.25) is 10.0 Å². The van der Waals surface area contributed by atoms with Crippen molar-refractivity contribution in [3.05, 3.63) is 54.9 Å². The molecule has 1 saturated carbocycles. The molecule has 0 saturated heterocycles. The lowest BCUT2D eigenvalue weighted by Crippen LogP contribution is -2.46. The first-order valence-corrected chi connectivity index (χ1v) is 11.5. The molecule has 1 amide bonds. The number of ether oxygens (including phenoxy) is 2. The zero-order chi connectivity index (χ0) is 23.2. The standard InChI is InChI=1S/C23H27Cl2N3O4/c1-11-8-12(2)28-22(30)16(11)10-27-21(29)15-9-17(24)19-20(18(15)25)32-23(3,31-19)13-4-6-14(26)7-5-13/h8-9,13-14H,4-7,10,26H2,1-3H3,(H,27,29)(H,28,30)/t13-,14-,23?. The molecule has 2 aliphatic rings. The lowest BCUT2D eigenvalue weighted by atomic mass is 9.81. The molecule has 172 valence electrons. The SMILES string of the molecule is Cc1cc(C)c(CNC(=O)c2cc(Cl)c3c(c2Cl)OC(C)([C@H]2CC[C@H](N)CC2)O3)c(=O)[nH]1. The second-order valence-electron chi connectivity index (χ2n) is 8.84. The molecular weight excluding hydrogens is 453 g/mol. The number of hydrogen-bond donors (Lipinski definition) is 3. The Morgan fingerprint density at radius 1 is 1.19 bits per heavy atom. The predicted octanol–water partition coefficient (Wildman–Crippen LogP) is 4.23. The van der Waals surface area contributed by atoms with Crippen LogP contribution in [0.4, 0.5) is 0 Å². The topological polar surface area (TPSA) is 106 Å². The zero-order valence-electron chi connectivity index (χ0n) is 18.3. The number of carbonyl (C=O) groups is 1. The van der Waals surface area contributed by atoms with Crippen molar-refractivity contribution in [2.75, 3.05) is 0 Å². The highest BCUT2D eigenvalue weighted by Crippen LogP contribution is 2.53. The van der Waals surface area contributed by atoms with Gasteiger partial charge in [0.25, 0.3) is 17.3 Å². The van der Waals surface area contributed by atoms with E-state index in [0.29, 0.717) is 11.3 Å². The Labute approximate surface area is 196 Å². The van der Waals surface area contributed by atoms with Crippen molar-refractivity contribution >= 4 is 29.1 Å². The maximum Gasteiger partial charge on any atom is 0.253 e. The number of hydrogen-bond acceptors (Lipinski definition) is 5. The third-order valence-corrected chi connectivity index (χ3v) is 7.07. The number of fused-ring (bicyclic) bond motifs is 1. The number of rotatable bonds is 4. The number of halogens is 2. The number of nitrogens with one attached hydrogen (secondary N) is 2. The van der Waals surface area contributed by atoms with E-state index in [1.165, 1.54) is 6.07 Å². The highest BCUT2D eigenvalue weighted by atomic mass is 35.5. The molecule has 4 N–H and O–H groups in total. The van der Waals surface area contributed by atoms with Crippen LogP contribution in [0.25, 0.3) is 0 Å². The third-order valence-electron chi connectivity index (χ3n) is 6.42. The molecule has 1 aromatic heterocycles. The van der Waals surface area contributed by atoms with Crippen molar-refractivity contribution in [3.63, 3.8) is 0 Å². The van der Waals surface area contributed by atoms with Crippen LogP contribution in [-0.4, -0.2) is 22.7 Å². The maximum absolute atomic E-state index is 12.9. The molecule has 1 unspecified atom stereocenters. The number of carbonyl (C=O) groups excluding carboxylic acids is 1. The van der Waals surface area contributed by atoms with Crippen LogP contribution in [0, 0.1) is 19.8 Å². The molecule has 2 aromatic rings. The largest absolute Gasteiger partial charge is 0.447 e. The first-order chi connectivity index (χ1) is 15.1. The fourth-order valence-electron chi connectivity index (χ4n) is 4.54. The van der Waals surface area contributed by atoms with Gasteiger partial charge in [-0.1, -0.05) is 23.2 Å². The van der Waals surface area contributed by atoms with Gasteiger partial charge in [0.2, 0.25) is 0 Å². The minimum absolute atomic E-state index is 0.0582. The number of H-pyrrole nitrogens is 1. The van der Waals surface area contributed by atoms with Crippen molar-refractivity contribution in [1.82, 2.24) is 10.3 Å². The molecule has 0 spiro atoms. The van der Waals surface area contributed by atoms with Gasteiger partial charge >= 0.3 is 0 Å². The quantitative estimate of drug-likeness (QED) is 0.607. The van der Waals surface area contributed by atoms with Gasteiger partial charge in [0.1, 0.15) is 0 Å². The van der Waals surface area contributed by atoms with E-state index in [0.717, 1.165) is 36.9 Å². The van der Waals surface area contributed by atoms with E-state index in [9.17, 15) is 9.59 Å². The second-order valence-corrected chi connectivity index (χ2v) is 9.62. The molecule has 1 aliphatic carbocycles. The molecule has 1 aromatic carbocycles. The molecule has 0 radical (unpaired) electrons. The lowest BCUT2D eigenvalue weighted by molar-refractivity contribution is -0.120. The summed E-state index contributed by atoms with van der Waals surface area (Å²) in [6, 6.07) is 3.52. The summed E-state index contributed by atoms with van der Waals surface area (Å²) < 4.78 is 12.3. The van der Waals surface area contributed by atoms with Gasteiger partial charge in [0.15, 0.2) is 11.5 Å². The van der Waals surface area contributed by atoms with Gasteiger partial charge in [-0.25, -0.2) is 0 Å². The minimum atomic E-state index is -0.919. The number of pyridine rings is 1. The van der Waals surface area contributed by atoms with Crippen LogP contribution >= 0.6 is 23.2 Å². The molecule has 2 heterocycles. The summed E-state index contributed by atoms with van der Waals surface area (Å²) in [6.45, 7) is 5.56. The summed E-state index contributed by atoms with van der Waals surface area (Å²) in [7, 11) is 0. The Morgan fingerprint density at radius 3 is 2.50 bits per heavy atom. The van der Waals surface area contributed by atoms with Crippen molar-refractivity contribution in [2.24, 2.45) is 11.7 Å². The van der Waals surface area contributed by atoms with Gasteiger partial charge in [0.05, 0.1) is 15.6 Å². The first-order valence-electron chi connectivity index (χ1n) is 10.7. The van der Waals surface area contributed by atoms with Crippen LogP contribution in [0.15, 0.2) is 16.9 Å². The Morgan fingerprint density at radius 2 is 1.84 bits per heavy atom.